The Morgan fingerprint density at radius 1 is 1.17 bits per heavy atom. The SMILES string of the molecule is Cc1cc(CNC(=O)NCC(C)(O)c2ccccc2)ccc1F. The van der Waals surface area contributed by atoms with Gasteiger partial charge < -0.3 is 15.7 Å². The van der Waals surface area contributed by atoms with Gasteiger partial charge in [-0.3, -0.25) is 0 Å². The van der Waals surface area contributed by atoms with Crippen molar-refractivity contribution in [2.24, 2.45) is 0 Å². The van der Waals surface area contributed by atoms with Crippen molar-refractivity contribution in [1.29, 1.82) is 0 Å². The van der Waals surface area contributed by atoms with Gasteiger partial charge in [-0.15, -0.1) is 0 Å². The predicted octanol–water partition coefficient (Wildman–Crippen LogP) is 2.84. The number of halogens is 1. The Bertz CT molecular complexity index is 672. The lowest BCUT2D eigenvalue weighted by Crippen LogP contribution is -2.43. The summed E-state index contributed by atoms with van der Waals surface area (Å²) in [6, 6.07) is 13.5. The highest BCUT2D eigenvalue weighted by molar-refractivity contribution is 5.73. The van der Waals surface area contributed by atoms with Crippen LogP contribution < -0.4 is 10.6 Å². The van der Waals surface area contributed by atoms with E-state index in [2.05, 4.69) is 10.6 Å². The van der Waals surface area contributed by atoms with Crippen LogP contribution in [0.5, 0.6) is 0 Å². The molecule has 1 atom stereocenters. The van der Waals surface area contributed by atoms with Crippen LogP contribution in [0.4, 0.5) is 9.18 Å². The Morgan fingerprint density at radius 2 is 1.87 bits per heavy atom. The molecule has 0 spiro atoms. The van der Waals surface area contributed by atoms with E-state index in [0.717, 1.165) is 11.1 Å². The molecule has 2 aromatic rings. The van der Waals surface area contributed by atoms with E-state index in [1.807, 2.05) is 18.2 Å². The molecule has 0 aromatic heterocycles. The largest absolute Gasteiger partial charge is 0.384 e. The number of rotatable bonds is 5. The van der Waals surface area contributed by atoms with Crippen LogP contribution in [0.2, 0.25) is 0 Å². The normalized spacial score (nSPS) is 13.2. The molecule has 0 saturated carbocycles. The molecular weight excluding hydrogens is 295 g/mol. The molecule has 0 heterocycles. The molecule has 0 saturated heterocycles. The Labute approximate surface area is 135 Å². The highest BCUT2D eigenvalue weighted by atomic mass is 19.1. The monoisotopic (exact) mass is 316 g/mol. The fourth-order valence-electron chi connectivity index (χ4n) is 2.21. The average molecular weight is 316 g/mol. The second kappa shape index (κ2) is 7.24. The minimum atomic E-state index is -1.15. The summed E-state index contributed by atoms with van der Waals surface area (Å²) in [6.07, 6.45) is 0. The third kappa shape index (κ3) is 4.79. The number of nitrogens with one attached hydrogen (secondary N) is 2. The van der Waals surface area contributed by atoms with Crippen molar-refractivity contribution >= 4 is 6.03 Å². The van der Waals surface area contributed by atoms with Gasteiger partial charge in [-0.1, -0.05) is 42.5 Å². The fraction of sp³-hybridized carbons (Fsp3) is 0.278. The van der Waals surface area contributed by atoms with Gasteiger partial charge in [0.25, 0.3) is 0 Å². The maximum absolute atomic E-state index is 13.2. The van der Waals surface area contributed by atoms with Gasteiger partial charge in [0.05, 0.1) is 6.54 Å². The van der Waals surface area contributed by atoms with E-state index < -0.39 is 5.60 Å². The fourth-order valence-corrected chi connectivity index (χ4v) is 2.21. The molecule has 122 valence electrons. The van der Waals surface area contributed by atoms with Crippen LogP contribution in [0, 0.1) is 12.7 Å². The number of hydrogen-bond donors (Lipinski definition) is 3. The minimum Gasteiger partial charge on any atom is -0.384 e. The van der Waals surface area contributed by atoms with Crippen LogP contribution in [0.25, 0.3) is 0 Å². The summed E-state index contributed by atoms with van der Waals surface area (Å²) in [6.45, 7) is 3.70. The Hall–Kier alpha value is -2.40. The molecule has 23 heavy (non-hydrogen) atoms. The summed E-state index contributed by atoms with van der Waals surface area (Å²) < 4.78 is 13.2. The first-order valence-electron chi connectivity index (χ1n) is 7.43. The highest BCUT2D eigenvalue weighted by Gasteiger charge is 2.23. The van der Waals surface area contributed by atoms with Gasteiger partial charge in [-0.25, -0.2) is 9.18 Å². The Balaban J connectivity index is 1.84. The third-order valence-corrected chi connectivity index (χ3v) is 3.66. The van der Waals surface area contributed by atoms with Crippen LogP contribution in [-0.4, -0.2) is 17.7 Å². The van der Waals surface area contributed by atoms with E-state index in [0.29, 0.717) is 12.1 Å². The van der Waals surface area contributed by atoms with Gasteiger partial charge in [0.2, 0.25) is 0 Å². The molecule has 0 aliphatic rings. The summed E-state index contributed by atoms with van der Waals surface area (Å²) in [5.74, 6) is -0.267. The van der Waals surface area contributed by atoms with Crippen LogP contribution in [0.15, 0.2) is 48.5 Å². The van der Waals surface area contributed by atoms with Crippen molar-refractivity contribution in [3.05, 3.63) is 71.0 Å². The number of carbonyl (C=O) groups excluding carboxylic acids is 1. The molecule has 5 heteroatoms. The number of aryl methyl sites for hydroxylation is 1. The van der Waals surface area contributed by atoms with Crippen molar-refractivity contribution in [2.45, 2.75) is 26.0 Å². The topological polar surface area (TPSA) is 61.4 Å². The Morgan fingerprint density at radius 3 is 2.52 bits per heavy atom. The van der Waals surface area contributed by atoms with Gasteiger partial charge in [0.1, 0.15) is 11.4 Å². The molecule has 1 unspecified atom stereocenters. The van der Waals surface area contributed by atoms with Crippen LogP contribution >= 0.6 is 0 Å². The molecule has 2 amide bonds. The second-order valence-corrected chi connectivity index (χ2v) is 5.76. The number of urea groups is 1. The molecule has 0 bridgehead atoms. The van der Waals surface area contributed by atoms with Crippen LogP contribution in [-0.2, 0) is 12.1 Å². The zero-order valence-corrected chi connectivity index (χ0v) is 13.3. The number of hydrogen-bond acceptors (Lipinski definition) is 2. The van der Waals surface area contributed by atoms with Gasteiger partial charge in [0.15, 0.2) is 0 Å². The van der Waals surface area contributed by atoms with Crippen molar-refractivity contribution in [3.8, 4) is 0 Å². The smallest absolute Gasteiger partial charge is 0.315 e. The quantitative estimate of drug-likeness (QED) is 0.794. The van der Waals surface area contributed by atoms with E-state index in [1.165, 1.54) is 6.07 Å². The van der Waals surface area contributed by atoms with Crippen molar-refractivity contribution in [3.63, 3.8) is 0 Å². The summed E-state index contributed by atoms with van der Waals surface area (Å²) in [4.78, 5) is 11.8. The molecular formula is C18H21FN2O2. The number of carbonyl (C=O) groups is 1. The van der Waals surface area contributed by atoms with Crippen molar-refractivity contribution < 1.29 is 14.3 Å². The number of benzene rings is 2. The first-order chi connectivity index (χ1) is 10.9. The Kier molecular flexibility index (Phi) is 5.34. The lowest BCUT2D eigenvalue weighted by Gasteiger charge is -2.24. The minimum absolute atomic E-state index is 0.0886. The van der Waals surface area contributed by atoms with Crippen LogP contribution in [0.1, 0.15) is 23.6 Å². The van der Waals surface area contributed by atoms with Crippen molar-refractivity contribution in [1.82, 2.24) is 10.6 Å². The molecule has 2 aromatic carbocycles. The molecule has 0 fully saturated rings. The van der Waals surface area contributed by atoms with E-state index in [9.17, 15) is 14.3 Å². The average Bonchev–Trinajstić information content (AvgIpc) is 2.55. The lowest BCUT2D eigenvalue weighted by molar-refractivity contribution is 0.0594. The van der Waals surface area contributed by atoms with E-state index in [-0.39, 0.29) is 18.4 Å². The van der Waals surface area contributed by atoms with Gasteiger partial charge in [-0.2, -0.15) is 0 Å². The van der Waals surface area contributed by atoms with Gasteiger partial charge in [0, 0.05) is 6.54 Å². The molecule has 4 nitrogen and oxygen atoms in total. The summed E-state index contributed by atoms with van der Waals surface area (Å²) in [5.41, 5.74) is 0.936. The molecule has 0 aliphatic carbocycles. The molecule has 0 radical (unpaired) electrons. The predicted molar refractivity (Wildman–Crippen MR) is 87.4 cm³/mol. The number of aliphatic hydroxyl groups is 1. The summed E-state index contributed by atoms with van der Waals surface area (Å²) in [5, 5.41) is 15.7. The first kappa shape index (κ1) is 17.0. The zero-order chi connectivity index (χ0) is 16.9. The molecule has 0 aliphatic heterocycles. The maximum Gasteiger partial charge on any atom is 0.315 e. The maximum atomic E-state index is 13.2. The molecule has 2 rings (SSSR count). The van der Waals surface area contributed by atoms with Gasteiger partial charge in [-0.05, 0) is 36.6 Å². The van der Waals surface area contributed by atoms with Crippen molar-refractivity contribution in [2.75, 3.05) is 6.54 Å². The van der Waals surface area contributed by atoms with E-state index in [1.54, 1.807) is 38.1 Å². The zero-order valence-electron chi connectivity index (χ0n) is 13.3. The number of amides is 2. The standard InChI is InChI=1S/C18H21FN2O2/c1-13-10-14(8-9-16(13)19)11-20-17(22)21-12-18(2,23)15-6-4-3-5-7-15/h3-10,23H,11-12H2,1-2H3,(H2,20,21,22). The third-order valence-electron chi connectivity index (χ3n) is 3.66. The van der Waals surface area contributed by atoms with E-state index in [4.69, 9.17) is 0 Å². The van der Waals surface area contributed by atoms with Gasteiger partial charge >= 0.3 is 6.03 Å². The lowest BCUT2D eigenvalue weighted by atomic mass is 9.96. The van der Waals surface area contributed by atoms with E-state index >= 15 is 0 Å². The van der Waals surface area contributed by atoms with Crippen LogP contribution in [0.3, 0.4) is 0 Å². The first-order valence-corrected chi connectivity index (χ1v) is 7.43. The molecule has 3 N–H and O–H groups in total. The second-order valence-electron chi connectivity index (χ2n) is 5.76. The summed E-state index contributed by atoms with van der Waals surface area (Å²) >= 11 is 0. The summed E-state index contributed by atoms with van der Waals surface area (Å²) in [7, 11) is 0. The highest BCUT2D eigenvalue weighted by Crippen LogP contribution is 2.18.